The smallest absolute Gasteiger partial charge is 0.0994 e. The van der Waals surface area contributed by atoms with Gasteiger partial charge >= 0.3 is 0 Å². The van der Waals surface area contributed by atoms with Crippen LogP contribution in [-0.4, -0.2) is 53.2 Å². The fraction of sp³-hybridized carbons (Fsp3) is 0.647. The predicted octanol–water partition coefficient (Wildman–Crippen LogP) is 2.31. The van der Waals surface area contributed by atoms with E-state index in [0.29, 0.717) is 6.54 Å². The van der Waals surface area contributed by atoms with E-state index in [-0.39, 0.29) is 5.54 Å². The van der Waals surface area contributed by atoms with Gasteiger partial charge in [0.25, 0.3) is 0 Å². The first-order valence-electron chi connectivity index (χ1n) is 7.54. The third-order valence-corrected chi connectivity index (χ3v) is 4.25. The SMILES string of the molecule is CC(O)(CN1CCN(C(C)(C)C)CC1)c1ccccc1. The van der Waals surface area contributed by atoms with Crippen molar-refractivity contribution in [2.45, 2.75) is 38.8 Å². The molecule has 1 aromatic carbocycles. The number of hydrogen-bond acceptors (Lipinski definition) is 3. The lowest BCUT2D eigenvalue weighted by Crippen LogP contribution is -2.55. The molecule has 1 aliphatic rings. The highest BCUT2D eigenvalue weighted by molar-refractivity contribution is 5.21. The van der Waals surface area contributed by atoms with E-state index in [2.05, 4.69) is 30.6 Å². The summed E-state index contributed by atoms with van der Waals surface area (Å²) >= 11 is 0. The van der Waals surface area contributed by atoms with Crippen molar-refractivity contribution in [1.29, 1.82) is 0 Å². The summed E-state index contributed by atoms with van der Waals surface area (Å²) in [6, 6.07) is 9.97. The molecule has 1 atom stereocenters. The second-order valence-corrected chi connectivity index (χ2v) is 7.07. The summed E-state index contributed by atoms with van der Waals surface area (Å²) in [6.45, 7) is 13.6. The maximum absolute atomic E-state index is 10.7. The Kier molecular flexibility index (Phi) is 4.52. The summed E-state index contributed by atoms with van der Waals surface area (Å²) < 4.78 is 0. The van der Waals surface area contributed by atoms with Crippen LogP contribution >= 0.6 is 0 Å². The van der Waals surface area contributed by atoms with Crippen LogP contribution in [0.1, 0.15) is 33.3 Å². The Morgan fingerprint density at radius 2 is 1.50 bits per heavy atom. The first kappa shape index (κ1) is 15.5. The number of nitrogens with zero attached hydrogens (tertiary/aromatic N) is 2. The maximum atomic E-state index is 10.7. The van der Waals surface area contributed by atoms with Crippen LogP contribution in [0.15, 0.2) is 30.3 Å². The maximum Gasteiger partial charge on any atom is 0.0994 e. The highest BCUT2D eigenvalue weighted by Gasteiger charge is 2.30. The van der Waals surface area contributed by atoms with Crippen LogP contribution in [0, 0.1) is 0 Å². The number of hydrogen-bond donors (Lipinski definition) is 1. The fourth-order valence-corrected chi connectivity index (χ4v) is 2.90. The summed E-state index contributed by atoms with van der Waals surface area (Å²) in [5.41, 5.74) is 0.470. The van der Waals surface area contributed by atoms with E-state index in [9.17, 15) is 5.11 Å². The predicted molar refractivity (Wildman–Crippen MR) is 83.8 cm³/mol. The van der Waals surface area contributed by atoms with E-state index in [1.807, 2.05) is 37.3 Å². The van der Waals surface area contributed by atoms with Crippen LogP contribution in [-0.2, 0) is 5.60 Å². The highest BCUT2D eigenvalue weighted by Crippen LogP contribution is 2.23. The summed E-state index contributed by atoms with van der Waals surface area (Å²) in [5.74, 6) is 0. The second kappa shape index (κ2) is 5.84. The molecule has 0 radical (unpaired) electrons. The summed E-state index contributed by atoms with van der Waals surface area (Å²) in [6.07, 6.45) is 0. The Labute approximate surface area is 123 Å². The molecule has 3 nitrogen and oxygen atoms in total. The van der Waals surface area contributed by atoms with Gasteiger partial charge in [0, 0.05) is 38.3 Å². The lowest BCUT2D eigenvalue weighted by atomic mass is 9.95. The van der Waals surface area contributed by atoms with Crippen molar-refractivity contribution in [2.75, 3.05) is 32.7 Å². The number of β-amino-alcohol motifs (C(OH)–C–C–N with tert-alkyl or cyclic N) is 1. The van der Waals surface area contributed by atoms with Crippen molar-refractivity contribution < 1.29 is 5.11 Å². The van der Waals surface area contributed by atoms with Gasteiger partial charge in [-0.15, -0.1) is 0 Å². The first-order valence-corrected chi connectivity index (χ1v) is 7.54. The first-order chi connectivity index (χ1) is 9.29. The van der Waals surface area contributed by atoms with Crippen molar-refractivity contribution in [3.05, 3.63) is 35.9 Å². The summed E-state index contributed by atoms with van der Waals surface area (Å²) in [7, 11) is 0. The normalized spacial score (nSPS) is 21.6. The van der Waals surface area contributed by atoms with Crippen molar-refractivity contribution in [3.63, 3.8) is 0 Å². The van der Waals surface area contributed by atoms with E-state index >= 15 is 0 Å². The van der Waals surface area contributed by atoms with Crippen molar-refractivity contribution >= 4 is 0 Å². The zero-order valence-electron chi connectivity index (χ0n) is 13.3. The minimum absolute atomic E-state index is 0.244. The quantitative estimate of drug-likeness (QED) is 0.918. The van der Waals surface area contributed by atoms with Gasteiger partial charge in [-0.2, -0.15) is 0 Å². The molecule has 1 unspecified atom stereocenters. The minimum Gasteiger partial charge on any atom is -0.384 e. The monoisotopic (exact) mass is 276 g/mol. The van der Waals surface area contributed by atoms with Crippen LogP contribution in [0.4, 0.5) is 0 Å². The molecular weight excluding hydrogens is 248 g/mol. The molecule has 112 valence electrons. The molecule has 0 amide bonds. The molecule has 0 saturated carbocycles. The minimum atomic E-state index is -0.773. The number of rotatable bonds is 3. The van der Waals surface area contributed by atoms with Gasteiger partial charge in [0.2, 0.25) is 0 Å². The molecule has 2 rings (SSSR count). The number of benzene rings is 1. The van der Waals surface area contributed by atoms with Gasteiger partial charge in [-0.25, -0.2) is 0 Å². The standard InChI is InChI=1S/C17H28N2O/c1-16(2,3)19-12-10-18(11-13-19)14-17(4,20)15-8-6-5-7-9-15/h5-9,20H,10-14H2,1-4H3. The molecule has 1 fully saturated rings. The Bertz CT molecular complexity index is 414. The average molecular weight is 276 g/mol. The molecule has 0 bridgehead atoms. The fourth-order valence-electron chi connectivity index (χ4n) is 2.90. The van der Waals surface area contributed by atoms with Crippen molar-refractivity contribution in [3.8, 4) is 0 Å². The van der Waals surface area contributed by atoms with Crippen molar-refractivity contribution in [2.24, 2.45) is 0 Å². The molecule has 1 aliphatic heterocycles. The van der Waals surface area contributed by atoms with Crippen LogP contribution < -0.4 is 0 Å². The second-order valence-electron chi connectivity index (χ2n) is 7.07. The number of piperazine rings is 1. The van der Waals surface area contributed by atoms with Gasteiger partial charge in [-0.05, 0) is 33.3 Å². The third kappa shape index (κ3) is 3.81. The Morgan fingerprint density at radius 1 is 0.950 bits per heavy atom. The lowest BCUT2D eigenvalue weighted by Gasteiger charge is -2.43. The average Bonchev–Trinajstić information content (AvgIpc) is 2.39. The highest BCUT2D eigenvalue weighted by atomic mass is 16.3. The van der Waals surface area contributed by atoms with E-state index < -0.39 is 5.60 Å². The summed E-state index contributed by atoms with van der Waals surface area (Å²) in [4.78, 5) is 4.88. The molecule has 0 aromatic heterocycles. The molecule has 1 aromatic rings. The topological polar surface area (TPSA) is 26.7 Å². The van der Waals surface area contributed by atoms with Gasteiger partial charge in [0.1, 0.15) is 0 Å². The van der Waals surface area contributed by atoms with Gasteiger partial charge in [0.15, 0.2) is 0 Å². The molecule has 1 saturated heterocycles. The van der Waals surface area contributed by atoms with Crippen LogP contribution in [0.25, 0.3) is 0 Å². The van der Waals surface area contributed by atoms with Gasteiger partial charge in [0.05, 0.1) is 5.60 Å². The zero-order valence-corrected chi connectivity index (χ0v) is 13.3. The van der Waals surface area contributed by atoms with Gasteiger partial charge < -0.3 is 5.11 Å². The molecule has 20 heavy (non-hydrogen) atoms. The molecule has 1 heterocycles. The van der Waals surface area contributed by atoms with Gasteiger partial charge in [-0.1, -0.05) is 30.3 Å². The molecule has 0 spiro atoms. The van der Waals surface area contributed by atoms with E-state index in [1.54, 1.807) is 0 Å². The molecule has 1 N–H and O–H groups in total. The van der Waals surface area contributed by atoms with E-state index in [4.69, 9.17) is 0 Å². The summed E-state index contributed by atoms with van der Waals surface area (Å²) in [5, 5.41) is 10.7. The molecule has 0 aliphatic carbocycles. The van der Waals surface area contributed by atoms with E-state index in [0.717, 1.165) is 31.7 Å². The zero-order chi connectivity index (χ0) is 14.8. The molecular formula is C17H28N2O. The molecule has 3 heteroatoms. The largest absolute Gasteiger partial charge is 0.384 e. The third-order valence-electron chi connectivity index (χ3n) is 4.25. The number of aliphatic hydroxyl groups is 1. The van der Waals surface area contributed by atoms with Crippen LogP contribution in [0.2, 0.25) is 0 Å². The van der Waals surface area contributed by atoms with Gasteiger partial charge in [-0.3, -0.25) is 9.80 Å². The Hall–Kier alpha value is -0.900. The van der Waals surface area contributed by atoms with Crippen LogP contribution in [0.3, 0.4) is 0 Å². The van der Waals surface area contributed by atoms with Crippen LogP contribution in [0.5, 0.6) is 0 Å². The Morgan fingerprint density at radius 3 is 2.00 bits per heavy atom. The Balaban J connectivity index is 1.92. The van der Waals surface area contributed by atoms with Crippen molar-refractivity contribution in [1.82, 2.24) is 9.80 Å². The van der Waals surface area contributed by atoms with E-state index in [1.165, 1.54) is 0 Å². The lowest BCUT2D eigenvalue weighted by molar-refractivity contribution is -0.0117.